The van der Waals surface area contributed by atoms with Gasteiger partial charge in [0.1, 0.15) is 33.1 Å². The normalized spacial score (nSPS) is 14.7. The van der Waals surface area contributed by atoms with Gasteiger partial charge in [-0.1, -0.05) is 6.07 Å². The summed E-state index contributed by atoms with van der Waals surface area (Å²) in [6.07, 6.45) is -4.87. The van der Waals surface area contributed by atoms with Crippen LogP contribution in [0.3, 0.4) is 0 Å². The van der Waals surface area contributed by atoms with Gasteiger partial charge in [0.25, 0.3) is 29.5 Å². The molecule has 18 nitrogen and oxygen atoms in total. The predicted octanol–water partition coefficient (Wildman–Crippen LogP) is 4.08. The Morgan fingerprint density at radius 2 is 1.51 bits per heavy atom. The van der Waals surface area contributed by atoms with Crippen LogP contribution in [0.1, 0.15) is 48.8 Å². The molecule has 2 aromatic heterocycles. The van der Waals surface area contributed by atoms with E-state index in [1.165, 1.54) is 54.6 Å². The number of carbonyl (C=O) groups excluding carboxylic acids is 7. The summed E-state index contributed by atoms with van der Waals surface area (Å²) in [5.74, 6) is -4.78. The van der Waals surface area contributed by atoms with Crippen molar-refractivity contribution >= 4 is 74.3 Å². The van der Waals surface area contributed by atoms with Crippen molar-refractivity contribution in [3.63, 3.8) is 0 Å². The quantitative estimate of drug-likeness (QED) is 0.0446. The molecular formula is C44H39F4N7O11S. The fraction of sp³-hybridized carbons (Fsp3) is 0.273. The van der Waals surface area contributed by atoms with Gasteiger partial charge in [-0.25, -0.2) is 9.37 Å². The van der Waals surface area contributed by atoms with Crippen LogP contribution in [0.15, 0.2) is 72.8 Å². The highest BCUT2D eigenvalue weighted by molar-refractivity contribution is 7.21. The molecule has 7 rings (SSSR count). The molecule has 1 atom stereocenters. The van der Waals surface area contributed by atoms with Crippen LogP contribution in [-0.4, -0.2) is 110 Å². The Hall–Kier alpha value is -7.50. The summed E-state index contributed by atoms with van der Waals surface area (Å²) < 4.78 is 78.1. The first kappa shape index (κ1) is 47.5. The summed E-state index contributed by atoms with van der Waals surface area (Å²) in [5.41, 5.74) is 4.98. The van der Waals surface area contributed by atoms with Crippen molar-refractivity contribution in [1.29, 1.82) is 0 Å². The first-order valence-electron chi connectivity index (χ1n) is 20.4. The van der Waals surface area contributed by atoms with E-state index in [0.29, 0.717) is 16.9 Å². The van der Waals surface area contributed by atoms with E-state index in [1.807, 2.05) is 0 Å². The zero-order chi connectivity index (χ0) is 47.8. The van der Waals surface area contributed by atoms with Crippen molar-refractivity contribution < 1.29 is 70.1 Å². The van der Waals surface area contributed by atoms with Gasteiger partial charge in [-0.15, -0.1) is 11.3 Å². The number of aromatic nitrogens is 1. The molecule has 7 amide bonds. The number of thiophene rings is 1. The van der Waals surface area contributed by atoms with E-state index in [1.54, 1.807) is 0 Å². The van der Waals surface area contributed by atoms with E-state index in [2.05, 4.69) is 26.3 Å². The third kappa shape index (κ3) is 11.3. The number of amides is 7. The number of nitrogen functional groups attached to an aromatic ring is 1. The summed E-state index contributed by atoms with van der Waals surface area (Å²) in [6, 6.07) is 14.7. The van der Waals surface area contributed by atoms with E-state index >= 15 is 0 Å². The molecule has 0 bridgehead atoms. The number of benzene rings is 3. The SMILES string of the molecule is Nc1c(C(=O)Nc2ccc(F)cc2)sc2nc(-c3ccc(OCC(=O)NCCOCCOCCNC(=O)COc4cccc5c4C(=O)N(C4CCC(=O)NC4=O)C5=O)cc3)cc(C(F)(F)F)c12. The number of nitrogens with zero attached hydrogens (tertiary/aromatic N) is 2. The summed E-state index contributed by atoms with van der Waals surface area (Å²) in [7, 11) is 0. The highest BCUT2D eigenvalue weighted by Crippen LogP contribution is 2.44. The molecule has 0 saturated carbocycles. The van der Waals surface area contributed by atoms with Crippen molar-refractivity contribution in [3.05, 3.63) is 100 Å². The molecule has 1 saturated heterocycles. The van der Waals surface area contributed by atoms with E-state index < -0.39 is 82.6 Å². The van der Waals surface area contributed by atoms with Gasteiger partial charge in [0, 0.05) is 36.1 Å². The maximum Gasteiger partial charge on any atom is 0.417 e. The van der Waals surface area contributed by atoms with Crippen molar-refractivity contribution in [2.24, 2.45) is 0 Å². The van der Waals surface area contributed by atoms with Crippen LogP contribution in [0.25, 0.3) is 21.5 Å². The largest absolute Gasteiger partial charge is 0.484 e. The Balaban J connectivity index is 0.775. The van der Waals surface area contributed by atoms with Crippen LogP contribution in [0.4, 0.5) is 28.9 Å². The van der Waals surface area contributed by atoms with E-state index in [0.717, 1.165) is 23.1 Å². The summed E-state index contributed by atoms with van der Waals surface area (Å²) in [4.78, 5) is 92.5. The average Bonchev–Trinajstić information content (AvgIpc) is 3.77. The number of imide groups is 2. The summed E-state index contributed by atoms with van der Waals surface area (Å²) >= 11 is 0.681. The maximum absolute atomic E-state index is 14.3. The Labute approximate surface area is 381 Å². The Bertz CT molecular complexity index is 2730. The lowest BCUT2D eigenvalue weighted by atomic mass is 10.0. The van der Waals surface area contributed by atoms with Gasteiger partial charge in [-0.2, -0.15) is 13.2 Å². The zero-order valence-corrected chi connectivity index (χ0v) is 35.8. The minimum Gasteiger partial charge on any atom is -0.484 e. The molecule has 6 N–H and O–H groups in total. The molecule has 350 valence electrons. The first-order chi connectivity index (χ1) is 32.1. The third-order valence-corrected chi connectivity index (χ3v) is 11.2. The minimum atomic E-state index is -4.84. The number of anilines is 2. The lowest BCUT2D eigenvalue weighted by molar-refractivity contribution is -0.137. The Kier molecular flexibility index (Phi) is 14.7. The van der Waals surface area contributed by atoms with Crippen LogP contribution in [-0.2, 0) is 34.8 Å². The second-order valence-corrected chi connectivity index (χ2v) is 15.7. The number of nitrogens with two attached hydrogens (primary N) is 1. The van der Waals surface area contributed by atoms with E-state index in [4.69, 9.17) is 24.7 Å². The van der Waals surface area contributed by atoms with Gasteiger partial charge in [-0.3, -0.25) is 43.8 Å². The molecule has 5 aromatic rings. The van der Waals surface area contributed by atoms with Crippen LogP contribution in [0.5, 0.6) is 11.5 Å². The number of halogens is 4. The van der Waals surface area contributed by atoms with Gasteiger partial charge in [0.15, 0.2) is 13.2 Å². The molecule has 4 heterocycles. The minimum absolute atomic E-state index is 0.00425. The number of hydrogen-bond donors (Lipinski definition) is 5. The number of fused-ring (bicyclic) bond motifs is 2. The number of hydrogen-bond acceptors (Lipinski definition) is 14. The standard InChI is InChI=1S/C44H39F4N7O11S/c45-24-6-8-25(9-7-24)52-40(60)38-37(49)36-28(44(46,47)48)20-29(53-41(36)67-38)23-4-10-26(11-5-23)65-21-33(57)50-14-16-63-18-19-64-17-15-51-34(58)22-66-31-3-1-2-27-35(31)43(62)55(42(27)61)30-12-13-32(56)54-39(30)59/h1-11,20,30H,12-19,21-22,49H2,(H,50,57)(H,51,58)(H,52,60)(H,54,56,59). The highest BCUT2D eigenvalue weighted by atomic mass is 32.1. The molecule has 3 aromatic carbocycles. The molecule has 2 aliphatic heterocycles. The number of alkyl halides is 3. The number of ether oxygens (including phenoxy) is 4. The van der Waals surface area contributed by atoms with Crippen molar-refractivity contribution in [2.45, 2.75) is 25.1 Å². The average molecular weight is 950 g/mol. The number of pyridine rings is 1. The fourth-order valence-electron chi connectivity index (χ4n) is 6.95. The number of piperidine rings is 1. The van der Waals surface area contributed by atoms with Crippen LogP contribution in [0.2, 0.25) is 0 Å². The lowest BCUT2D eigenvalue weighted by Gasteiger charge is -2.27. The van der Waals surface area contributed by atoms with Gasteiger partial charge in [0.2, 0.25) is 11.8 Å². The predicted molar refractivity (Wildman–Crippen MR) is 231 cm³/mol. The lowest BCUT2D eigenvalue weighted by Crippen LogP contribution is -2.54. The summed E-state index contributed by atoms with van der Waals surface area (Å²) in [6.45, 7) is 0.0521. The zero-order valence-electron chi connectivity index (χ0n) is 35.0. The molecule has 1 fully saturated rings. The maximum atomic E-state index is 14.3. The molecular weight excluding hydrogens is 911 g/mol. The molecule has 67 heavy (non-hydrogen) atoms. The molecule has 0 radical (unpaired) electrons. The topological polar surface area (TPSA) is 247 Å². The van der Waals surface area contributed by atoms with Gasteiger partial charge >= 0.3 is 6.18 Å². The van der Waals surface area contributed by atoms with Crippen molar-refractivity contribution in [2.75, 3.05) is 63.8 Å². The van der Waals surface area contributed by atoms with Gasteiger partial charge < -0.3 is 40.6 Å². The molecule has 0 aliphatic carbocycles. The van der Waals surface area contributed by atoms with Crippen LogP contribution in [0, 0.1) is 5.82 Å². The Morgan fingerprint density at radius 1 is 0.851 bits per heavy atom. The highest BCUT2D eigenvalue weighted by Gasteiger charge is 2.46. The molecule has 1 unspecified atom stereocenters. The van der Waals surface area contributed by atoms with E-state index in [9.17, 15) is 51.1 Å². The number of nitrogens with one attached hydrogen (secondary N) is 4. The summed E-state index contributed by atoms with van der Waals surface area (Å²) in [5, 5.41) is 9.42. The van der Waals surface area contributed by atoms with E-state index in [-0.39, 0.29) is 103 Å². The van der Waals surface area contributed by atoms with Gasteiger partial charge in [0.05, 0.1) is 54.5 Å². The van der Waals surface area contributed by atoms with Crippen molar-refractivity contribution in [3.8, 4) is 22.8 Å². The van der Waals surface area contributed by atoms with Crippen molar-refractivity contribution in [1.82, 2.24) is 25.8 Å². The first-order valence-corrected chi connectivity index (χ1v) is 21.2. The van der Waals surface area contributed by atoms with Crippen LogP contribution < -0.4 is 36.5 Å². The molecule has 23 heteroatoms. The molecule has 2 aliphatic rings. The fourth-order valence-corrected chi connectivity index (χ4v) is 7.96. The third-order valence-electron chi connectivity index (χ3n) is 10.1. The van der Waals surface area contributed by atoms with Crippen LogP contribution >= 0.6 is 11.3 Å². The number of rotatable bonds is 19. The van der Waals surface area contributed by atoms with Gasteiger partial charge in [-0.05, 0) is 73.2 Å². The smallest absolute Gasteiger partial charge is 0.417 e. The number of carbonyl (C=O) groups is 7. The second-order valence-electron chi connectivity index (χ2n) is 14.7. The monoisotopic (exact) mass is 949 g/mol. The Morgan fingerprint density at radius 3 is 2.15 bits per heavy atom. The molecule has 0 spiro atoms. The second kappa shape index (κ2) is 20.8.